The predicted molar refractivity (Wildman–Crippen MR) is 76.3 cm³/mol. The zero-order valence-electron chi connectivity index (χ0n) is 10.1. The minimum Gasteiger partial charge on any atom is -0.137 e. The van der Waals surface area contributed by atoms with Crippen LogP contribution in [0, 0.1) is 0 Å². The zero-order chi connectivity index (χ0) is 12.8. The topological polar surface area (TPSA) is 0 Å². The Bertz CT molecular complexity index is 336. The van der Waals surface area contributed by atoms with Gasteiger partial charge in [-0.3, -0.25) is 0 Å². The first-order chi connectivity index (χ1) is 7.62. The molecular formula is C16H20. The minimum absolute atomic E-state index is 1.02. The molecule has 0 heteroatoms. The van der Waals surface area contributed by atoms with Crippen molar-refractivity contribution in [2.24, 2.45) is 0 Å². The van der Waals surface area contributed by atoms with Gasteiger partial charge in [-0.25, -0.2) is 0 Å². The normalized spacial score (nSPS) is 6.81. The molecule has 0 nitrogen and oxygen atoms in total. The van der Waals surface area contributed by atoms with Gasteiger partial charge in [-0.05, 0) is 12.5 Å². The number of allylic oxidation sites excluding steroid dienone is 2. The van der Waals surface area contributed by atoms with Gasteiger partial charge in [0.15, 0.2) is 0 Å². The van der Waals surface area contributed by atoms with Crippen molar-refractivity contribution in [2.75, 3.05) is 0 Å². The molecule has 0 radical (unpaired) electrons. The Balaban J connectivity index is 0. The summed E-state index contributed by atoms with van der Waals surface area (Å²) < 4.78 is 0. The third kappa shape index (κ3) is 14.5. The van der Waals surface area contributed by atoms with Gasteiger partial charge in [-0.15, -0.1) is 5.73 Å². The van der Waals surface area contributed by atoms with Gasteiger partial charge >= 0.3 is 0 Å². The predicted octanol–water partition coefficient (Wildman–Crippen LogP) is 5.04. The molecule has 0 heterocycles. The maximum absolute atomic E-state index is 3.63. The molecule has 0 aliphatic heterocycles. The molecule has 0 aliphatic rings. The molecule has 0 amide bonds. The van der Waals surface area contributed by atoms with E-state index in [1.807, 2.05) is 43.3 Å². The van der Waals surface area contributed by atoms with Crippen molar-refractivity contribution in [3.8, 4) is 0 Å². The molecule has 0 aromatic heterocycles. The molecule has 0 atom stereocenters. The lowest BCUT2D eigenvalue weighted by molar-refractivity contribution is 1.58. The largest absolute Gasteiger partial charge is 0.137 e. The molecule has 0 unspecified atom stereocenters. The Morgan fingerprint density at radius 1 is 1.12 bits per heavy atom. The van der Waals surface area contributed by atoms with Crippen molar-refractivity contribution in [1.29, 1.82) is 0 Å². The van der Waals surface area contributed by atoms with Crippen LogP contribution in [0.25, 0.3) is 6.08 Å². The maximum Gasteiger partial charge on any atom is -0.0263 e. The summed E-state index contributed by atoms with van der Waals surface area (Å²) in [5, 5.41) is 0. The average Bonchev–Trinajstić information content (AvgIpc) is 2.32. The highest BCUT2D eigenvalue weighted by atomic mass is 13.8. The summed E-state index contributed by atoms with van der Waals surface area (Å²) in [6, 6.07) is 10.0. The second-order valence-electron chi connectivity index (χ2n) is 2.92. The molecule has 0 bridgehead atoms. The van der Waals surface area contributed by atoms with Crippen molar-refractivity contribution < 1.29 is 0 Å². The van der Waals surface area contributed by atoms with Crippen LogP contribution in [0.5, 0.6) is 0 Å². The Kier molecular flexibility index (Phi) is 13.3. The van der Waals surface area contributed by atoms with E-state index in [4.69, 9.17) is 0 Å². The average molecular weight is 212 g/mol. The van der Waals surface area contributed by atoms with E-state index in [2.05, 4.69) is 38.6 Å². The monoisotopic (exact) mass is 212 g/mol. The molecule has 1 aromatic rings. The molecule has 0 N–H and O–H groups in total. The summed E-state index contributed by atoms with van der Waals surface area (Å²) in [4.78, 5) is 0. The summed E-state index contributed by atoms with van der Waals surface area (Å²) in [5.74, 6) is 0. The van der Waals surface area contributed by atoms with Gasteiger partial charge in [0.05, 0.1) is 0 Å². The van der Waals surface area contributed by atoms with Crippen LogP contribution in [-0.4, -0.2) is 0 Å². The van der Waals surface area contributed by atoms with E-state index in [1.165, 1.54) is 5.56 Å². The van der Waals surface area contributed by atoms with E-state index in [0.717, 1.165) is 5.57 Å². The van der Waals surface area contributed by atoms with E-state index in [1.54, 1.807) is 6.08 Å². The highest BCUT2D eigenvalue weighted by Crippen LogP contribution is 1.97. The highest BCUT2D eigenvalue weighted by molar-refractivity contribution is 5.45. The Morgan fingerprint density at radius 2 is 1.50 bits per heavy atom. The second-order valence-corrected chi connectivity index (χ2v) is 2.92. The van der Waals surface area contributed by atoms with E-state index in [9.17, 15) is 0 Å². The molecule has 1 rings (SSSR count). The number of rotatable bonds is 2. The first-order valence-electron chi connectivity index (χ1n) is 4.87. The molecule has 0 saturated heterocycles. The van der Waals surface area contributed by atoms with Crippen LogP contribution >= 0.6 is 0 Å². The zero-order valence-corrected chi connectivity index (χ0v) is 10.1. The van der Waals surface area contributed by atoms with Gasteiger partial charge in [0, 0.05) is 0 Å². The Hall–Kier alpha value is -2.04. The molecular weight excluding hydrogens is 192 g/mol. The van der Waals surface area contributed by atoms with Crippen molar-refractivity contribution in [3.05, 3.63) is 86.2 Å². The van der Waals surface area contributed by atoms with Crippen LogP contribution in [0.15, 0.2) is 80.6 Å². The Morgan fingerprint density at radius 3 is 1.69 bits per heavy atom. The van der Waals surface area contributed by atoms with Gasteiger partial charge < -0.3 is 0 Å². The smallest absolute Gasteiger partial charge is 0.0263 e. The fourth-order valence-electron chi connectivity index (χ4n) is 0.589. The quantitative estimate of drug-likeness (QED) is 0.476. The first-order valence-corrected chi connectivity index (χ1v) is 4.87. The first kappa shape index (κ1) is 16.4. The maximum atomic E-state index is 3.63. The summed E-state index contributed by atoms with van der Waals surface area (Å²) >= 11 is 0. The molecule has 0 saturated carbocycles. The number of hydrogen-bond acceptors (Lipinski definition) is 0. The SMILES string of the molecule is C=C=C.C=CC(=C)C.C=Cc1ccccc1. The van der Waals surface area contributed by atoms with Crippen LogP contribution in [-0.2, 0) is 0 Å². The van der Waals surface area contributed by atoms with Crippen molar-refractivity contribution in [1.82, 2.24) is 0 Å². The summed E-state index contributed by atoms with van der Waals surface area (Å²) in [7, 11) is 0. The van der Waals surface area contributed by atoms with Crippen LogP contribution in [0.2, 0.25) is 0 Å². The lowest BCUT2D eigenvalue weighted by Gasteiger charge is -1.85. The minimum atomic E-state index is 1.02. The number of hydrogen-bond donors (Lipinski definition) is 0. The van der Waals surface area contributed by atoms with Gasteiger partial charge in [0.25, 0.3) is 0 Å². The van der Waals surface area contributed by atoms with E-state index < -0.39 is 0 Å². The van der Waals surface area contributed by atoms with E-state index in [-0.39, 0.29) is 0 Å². The second kappa shape index (κ2) is 13.0. The number of benzene rings is 1. The van der Waals surface area contributed by atoms with Crippen LogP contribution < -0.4 is 0 Å². The molecule has 1 aromatic carbocycles. The third-order valence-corrected chi connectivity index (χ3v) is 1.38. The van der Waals surface area contributed by atoms with Gasteiger partial charge in [-0.1, -0.05) is 81.0 Å². The Labute approximate surface area is 99.6 Å². The van der Waals surface area contributed by atoms with Crippen LogP contribution in [0.4, 0.5) is 0 Å². The fraction of sp³-hybridized carbons (Fsp3) is 0.0625. The molecule has 0 aliphatic carbocycles. The van der Waals surface area contributed by atoms with Gasteiger partial charge in [-0.2, -0.15) is 0 Å². The molecule has 0 fully saturated rings. The van der Waals surface area contributed by atoms with Gasteiger partial charge in [0.1, 0.15) is 0 Å². The van der Waals surface area contributed by atoms with Crippen molar-refractivity contribution >= 4 is 6.08 Å². The van der Waals surface area contributed by atoms with Gasteiger partial charge in [0.2, 0.25) is 0 Å². The summed E-state index contributed by atoms with van der Waals surface area (Å²) in [6.45, 7) is 18.8. The van der Waals surface area contributed by atoms with Crippen molar-refractivity contribution in [3.63, 3.8) is 0 Å². The van der Waals surface area contributed by atoms with Crippen LogP contribution in [0.3, 0.4) is 0 Å². The highest BCUT2D eigenvalue weighted by Gasteiger charge is 1.75. The summed E-state index contributed by atoms with van der Waals surface area (Å²) in [6.07, 6.45) is 3.56. The van der Waals surface area contributed by atoms with Crippen LogP contribution in [0.1, 0.15) is 12.5 Å². The lowest BCUT2D eigenvalue weighted by Crippen LogP contribution is -1.63. The lowest BCUT2D eigenvalue weighted by atomic mass is 10.2. The molecule has 16 heavy (non-hydrogen) atoms. The van der Waals surface area contributed by atoms with Crippen molar-refractivity contribution in [2.45, 2.75) is 6.92 Å². The molecule has 84 valence electrons. The standard InChI is InChI=1S/C8H8.C5H8.C3H4/c1-2-8-6-4-3-5-7-8;1-4-5(2)3;1-3-2/h2-7H,1H2;4H,1-2H2,3H3;1-2H2. The fourth-order valence-corrected chi connectivity index (χ4v) is 0.589. The third-order valence-electron chi connectivity index (χ3n) is 1.38. The summed E-state index contributed by atoms with van der Waals surface area (Å²) in [5.41, 5.74) is 4.44. The van der Waals surface area contributed by atoms with E-state index >= 15 is 0 Å². The van der Waals surface area contributed by atoms with E-state index in [0.29, 0.717) is 0 Å². The molecule has 0 spiro atoms.